The second-order valence-corrected chi connectivity index (χ2v) is 7.19. The van der Waals surface area contributed by atoms with E-state index in [2.05, 4.69) is 35.5 Å². The van der Waals surface area contributed by atoms with Crippen LogP contribution in [-0.2, 0) is 17.7 Å². The normalized spacial score (nSPS) is 13.2. The summed E-state index contributed by atoms with van der Waals surface area (Å²) in [6.07, 6.45) is 2.17. The van der Waals surface area contributed by atoms with Gasteiger partial charge in [0, 0.05) is 5.56 Å². The molecule has 3 heteroatoms. The molecule has 0 N–H and O–H groups in total. The number of hydrogen-bond acceptors (Lipinski definition) is 3. The van der Waals surface area contributed by atoms with Crippen molar-refractivity contribution in [2.45, 2.75) is 19.8 Å². The van der Waals surface area contributed by atoms with Crippen molar-refractivity contribution in [3.8, 4) is 0 Å². The summed E-state index contributed by atoms with van der Waals surface area (Å²) in [5, 5.41) is 8.55. The molecule has 0 saturated heterocycles. The van der Waals surface area contributed by atoms with E-state index < -0.39 is 5.97 Å². The third kappa shape index (κ3) is 2.67. The Morgan fingerprint density at radius 1 is 0.786 bits per heavy atom. The van der Waals surface area contributed by atoms with Crippen molar-refractivity contribution < 1.29 is 9.63 Å². The zero-order valence-electron chi connectivity index (χ0n) is 15.6. The average Bonchev–Trinajstić information content (AvgIpc) is 3.16. The van der Waals surface area contributed by atoms with Crippen molar-refractivity contribution in [2.75, 3.05) is 0 Å². The van der Waals surface area contributed by atoms with Crippen LogP contribution < -0.4 is 0 Å². The molecule has 28 heavy (non-hydrogen) atoms. The summed E-state index contributed by atoms with van der Waals surface area (Å²) in [5.41, 5.74) is 5.00. The van der Waals surface area contributed by atoms with Gasteiger partial charge in [0.1, 0.15) is 0 Å². The second-order valence-electron chi connectivity index (χ2n) is 7.19. The third-order valence-electron chi connectivity index (χ3n) is 5.54. The van der Waals surface area contributed by atoms with Gasteiger partial charge in [0.15, 0.2) is 0 Å². The van der Waals surface area contributed by atoms with Gasteiger partial charge in [-0.2, -0.15) is 0 Å². The number of benzene rings is 4. The molecule has 1 aliphatic carbocycles. The first-order valence-electron chi connectivity index (χ1n) is 9.50. The molecule has 0 spiro atoms. The lowest BCUT2D eigenvalue weighted by Gasteiger charge is -2.09. The van der Waals surface area contributed by atoms with E-state index in [4.69, 9.17) is 4.84 Å². The first-order chi connectivity index (χ1) is 13.7. The van der Waals surface area contributed by atoms with Gasteiger partial charge < -0.3 is 4.84 Å². The molecule has 5 rings (SSSR count). The molecule has 4 aromatic carbocycles. The maximum absolute atomic E-state index is 12.6. The molecule has 0 bridgehead atoms. The van der Waals surface area contributed by atoms with Crippen LogP contribution in [-0.4, -0.2) is 11.7 Å². The summed E-state index contributed by atoms with van der Waals surface area (Å²) in [4.78, 5) is 18.0. The predicted molar refractivity (Wildman–Crippen MR) is 113 cm³/mol. The van der Waals surface area contributed by atoms with Crippen molar-refractivity contribution in [2.24, 2.45) is 5.16 Å². The van der Waals surface area contributed by atoms with Crippen molar-refractivity contribution >= 4 is 33.2 Å². The molecular formula is C25H19NO2. The second kappa shape index (κ2) is 6.61. The summed E-state index contributed by atoms with van der Waals surface area (Å²) < 4.78 is 0. The number of aryl methyl sites for hydroxylation is 2. The van der Waals surface area contributed by atoms with Gasteiger partial charge in [-0.05, 0) is 58.5 Å². The minimum absolute atomic E-state index is 0.443. The van der Waals surface area contributed by atoms with E-state index in [0.717, 1.165) is 29.2 Å². The number of carbonyl (C=O) groups is 1. The zero-order chi connectivity index (χ0) is 19.1. The van der Waals surface area contributed by atoms with Crippen LogP contribution in [0.5, 0.6) is 0 Å². The van der Waals surface area contributed by atoms with Crippen LogP contribution in [0.25, 0.3) is 21.5 Å². The summed E-state index contributed by atoms with van der Waals surface area (Å²) in [6.45, 7) is 1.88. The highest BCUT2D eigenvalue weighted by Crippen LogP contribution is 2.33. The van der Waals surface area contributed by atoms with Crippen molar-refractivity contribution in [1.29, 1.82) is 0 Å². The first-order valence-corrected chi connectivity index (χ1v) is 9.50. The Morgan fingerprint density at radius 3 is 2.39 bits per heavy atom. The van der Waals surface area contributed by atoms with E-state index in [0.29, 0.717) is 11.3 Å². The highest BCUT2D eigenvalue weighted by Gasteiger charge is 2.17. The van der Waals surface area contributed by atoms with Crippen LogP contribution in [0.2, 0.25) is 0 Å². The summed E-state index contributed by atoms with van der Waals surface area (Å²) in [5.74, 6) is -0.443. The molecule has 0 radical (unpaired) electrons. The third-order valence-corrected chi connectivity index (χ3v) is 5.54. The van der Waals surface area contributed by atoms with E-state index in [9.17, 15) is 4.79 Å². The van der Waals surface area contributed by atoms with E-state index in [-0.39, 0.29) is 0 Å². The number of nitrogens with zero attached hydrogens (tertiary/aromatic N) is 1. The monoisotopic (exact) mass is 365 g/mol. The topological polar surface area (TPSA) is 38.7 Å². The largest absolute Gasteiger partial charge is 0.366 e. The lowest BCUT2D eigenvalue weighted by molar-refractivity contribution is 0.0519. The molecule has 1 aliphatic rings. The van der Waals surface area contributed by atoms with Gasteiger partial charge in [-0.25, -0.2) is 4.79 Å². The van der Waals surface area contributed by atoms with Gasteiger partial charge in [-0.15, -0.1) is 0 Å². The lowest BCUT2D eigenvalue weighted by atomic mass is 9.98. The molecule has 0 aromatic heterocycles. The van der Waals surface area contributed by atoms with Crippen LogP contribution in [0.15, 0.2) is 78.0 Å². The van der Waals surface area contributed by atoms with Gasteiger partial charge in [0.2, 0.25) is 0 Å². The Hall–Kier alpha value is -3.46. The molecule has 0 fully saturated rings. The highest BCUT2D eigenvalue weighted by molar-refractivity contribution is 6.12. The van der Waals surface area contributed by atoms with Gasteiger partial charge in [0.25, 0.3) is 0 Å². The zero-order valence-corrected chi connectivity index (χ0v) is 15.6. The molecule has 0 amide bonds. The maximum atomic E-state index is 12.6. The average molecular weight is 365 g/mol. The molecule has 0 unspecified atom stereocenters. The number of fused-ring (bicyclic) bond motifs is 1. The fraction of sp³-hybridized carbons (Fsp3) is 0.120. The number of rotatable bonds is 3. The standard InChI is InChI=1S/C25H19NO2/c1-16(20-15-14-19-13-12-18-8-5-10-22(20)24(18)19)26-28-25(27)23-11-4-7-17-6-2-3-9-21(17)23/h2-11,14-15H,12-13H2,1H3/b26-16+. The van der Waals surface area contributed by atoms with E-state index >= 15 is 0 Å². The highest BCUT2D eigenvalue weighted by atomic mass is 16.7. The van der Waals surface area contributed by atoms with Crippen LogP contribution in [0.4, 0.5) is 0 Å². The van der Waals surface area contributed by atoms with E-state index in [1.165, 1.54) is 21.9 Å². The van der Waals surface area contributed by atoms with E-state index in [1.54, 1.807) is 6.07 Å². The summed E-state index contributed by atoms with van der Waals surface area (Å²) >= 11 is 0. The fourth-order valence-corrected chi connectivity index (χ4v) is 4.17. The van der Waals surface area contributed by atoms with Crippen LogP contribution in [0.3, 0.4) is 0 Å². The molecule has 136 valence electrons. The molecule has 3 nitrogen and oxygen atoms in total. The number of carbonyl (C=O) groups excluding carboxylic acids is 1. The van der Waals surface area contributed by atoms with Gasteiger partial charge in [-0.3, -0.25) is 0 Å². The van der Waals surface area contributed by atoms with Crippen molar-refractivity contribution in [3.05, 3.63) is 95.1 Å². The molecule has 4 aromatic rings. The van der Waals surface area contributed by atoms with Crippen LogP contribution in [0, 0.1) is 0 Å². The van der Waals surface area contributed by atoms with Gasteiger partial charge >= 0.3 is 5.97 Å². The Morgan fingerprint density at radius 2 is 1.50 bits per heavy atom. The number of hydrogen-bond donors (Lipinski definition) is 0. The fourth-order valence-electron chi connectivity index (χ4n) is 4.17. The Labute approximate surface area is 163 Å². The summed E-state index contributed by atoms with van der Waals surface area (Å²) in [7, 11) is 0. The molecule has 0 aliphatic heterocycles. The minimum atomic E-state index is -0.443. The Balaban J connectivity index is 1.49. The molecular weight excluding hydrogens is 346 g/mol. The minimum Gasteiger partial charge on any atom is -0.313 e. The molecule has 0 heterocycles. The molecule has 0 atom stereocenters. The summed E-state index contributed by atoms with van der Waals surface area (Å²) in [6, 6.07) is 24.0. The molecule has 0 saturated carbocycles. The predicted octanol–water partition coefficient (Wildman–Crippen LogP) is 5.67. The Kier molecular flexibility index (Phi) is 3.94. The lowest BCUT2D eigenvalue weighted by Crippen LogP contribution is -2.05. The SMILES string of the molecule is C/C(=N\OC(=O)c1cccc2ccccc12)c1ccc2c3c(cccc13)CC2. The number of oxime groups is 1. The quantitative estimate of drug-likeness (QED) is 0.266. The smallest absolute Gasteiger partial charge is 0.313 e. The maximum Gasteiger partial charge on any atom is 0.366 e. The van der Waals surface area contributed by atoms with Crippen molar-refractivity contribution in [1.82, 2.24) is 0 Å². The van der Waals surface area contributed by atoms with Crippen molar-refractivity contribution in [3.63, 3.8) is 0 Å². The first kappa shape index (κ1) is 16.7. The van der Waals surface area contributed by atoms with E-state index in [1.807, 2.05) is 43.3 Å². The Bertz CT molecular complexity index is 1250. The van der Waals surface area contributed by atoms with Gasteiger partial charge in [0.05, 0.1) is 11.3 Å². The van der Waals surface area contributed by atoms with Crippen LogP contribution >= 0.6 is 0 Å². The van der Waals surface area contributed by atoms with Gasteiger partial charge in [-0.1, -0.05) is 71.9 Å². The van der Waals surface area contributed by atoms with Crippen LogP contribution in [0.1, 0.15) is 34.0 Å².